The fourth-order valence-electron chi connectivity index (χ4n) is 1.36. The predicted octanol–water partition coefficient (Wildman–Crippen LogP) is -0.378. The predicted molar refractivity (Wildman–Crippen MR) is 57.7 cm³/mol. The molecule has 0 unspecified atom stereocenters. The molecule has 7 nitrogen and oxygen atoms in total. The molecular weight excluding hydrogens is 222 g/mol. The van der Waals surface area contributed by atoms with Gasteiger partial charge in [0.1, 0.15) is 0 Å². The number of nitrogens with zero attached hydrogens (tertiary/aromatic N) is 3. The first-order valence-electron chi connectivity index (χ1n) is 5.00. The van der Waals surface area contributed by atoms with Crippen LogP contribution in [0.1, 0.15) is 21.7 Å². The molecule has 0 bridgehead atoms. The van der Waals surface area contributed by atoms with Crippen molar-refractivity contribution in [2.75, 3.05) is 0 Å². The number of aromatic amines is 1. The fraction of sp³-hybridized carbons (Fsp3) is 0.200. The highest BCUT2D eigenvalue weighted by molar-refractivity contribution is 5.89. The van der Waals surface area contributed by atoms with Gasteiger partial charge in [0.05, 0.1) is 6.61 Å². The zero-order valence-electron chi connectivity index (χ0n) is 8.92. The number of aliphatic hydroxyl groups is 1. The van der Waals surface area contributed by atoms with Crippen molar-refractivity contribution in [1.82, 2.24) is 25.9 Å². The highest BCUT2D eigenvalue weighted by Gasteiger charge is 2.09. The van der Waals surface area contributed by atoms with Gasteiger partial charge in [-0.15, -0.1) is 10.2 Å². The average Bonchev–Trinajstić information content (AvgIpc) is 2.90. The molecule has 2 rings (SSSR count). The van der Waals surface area contributed by atoms with Gasteiger partial charge in [-0.25, -0.2) is 0 Å². The van der Waals surface area contributed by atoms with Gasteiger partial charge >= 0.3 is 0 Å². The van der Waals surface area contributed by atoms with Crippen LogP contribution in [-0.2, 0) is 13.2 Å². The Morgan fingerprint density at radius 2 is 2.24 bits per heavy atom. The number of aromatic nitrogens is 4. The summed E-state index contributed by atoms with van der Waals surface area (Å²) in [7, 11) is 0. The van der Waals surface area contributed by atoms with Crippen LogP contribution in [0.25, 0.3) is 0 Å². The molecule has 7 heteroatoms. The standard InChI is InChI=1S/C10H11N5O2/c16-6-8-3-1-2-7(4-8)5-11-10(17)9-12-14-15-13-9/h1-4,16H,5-6H2,(H,11,17)(H,12,13,14,15). The van der Waals surface area contributed by atoms with E-state index in [1.54, 1.807) is 0 Å². The second-order valence-electron chi connectivity index (χ2n) is 3.40. The Kier molecular flexibility index (Phi) is 3.41. The third-order valence-electron chi connectivity index (χ3n) is 2.18. The molecule has 2 aromatic rings. The van der Waals surface area contributed by atoms with Crippen LogP contribution in [0.15, 0.2) is 24.3 Å². The summed E-state index contributed by atoms with van der Waals surface area (Å²) in [5.41, 5.74) is 1.70. The maximum atomic E-state index is 11.5. The van der Waals surface area contributed by atoms with Crippen molar-refractivity contribution in [3.63, 3.8) is 0 Å². The molecule has 1 aromatic heterocycles. The third-order valence-corrected chi connectivity index (χ3v) is 2.18. The van der Waals surface area contributed by atoms with Gasteiger partial charge in [-0.05, 0) is 16.3 Å². The first kappa shape index (κ1) is 11.2. The number of hydrogen-bond acceptors (Lipinski definition) is 5. The van der Waals surface area contributed by atoms with E-state index in [1.807, 2.05) is 24.3 Å². The molecule has 3 N–H and O–H groups in total. The number of carbonyl (C=O) groups excluding carboxylic acids is 1. The van der Waals surface area contributed by atoms with Crippen molar-refractivity contribution < 1.29 is 9.90 Å². The smallest absolute Gasteiger partial charge is 0.293 e. The van der Waals surface area contributed by atoms with Crippen LogP contribution in [0.4, 0.5) is 0 Å². The molecule has 88 valence electrons. The Labute approximate surface area is 96.9 Å². The van der Waals surface area contributed by atoms with Gasteiger partial charge in [0.25, 0.3) is 11.7 Å². The van der Waals surface area contributed by atoms with Crippen LogP contribution >= 0.6 is 0 Å². The van der Waals surface area contributed by atoms with Crippen molar-refractivity contribution in [1.29, 1.82) is 0 Å². The van der Waals surface area contributed by atoms with Crippen LogP contribution in [-0.4, -0.2) is 31.6 Å². The number of carbonyl (C=O) groups is 1. The summed E-state index contributed by atoms with van der Waals surface area (Å²) in [6.07, 6.45) is 0. The van der Waals surface area contributed by atoms with E-state index < -0.39 is 5.91 Å². The first-order valence-corrected chi connectivity index (χ1v) is 5.00. The number of nitrogens with one attached hydrogen (secondary N) is 2. The van der Waals surface area contributed by atoms with Gasteiger partial charge in [0.2, 0.25) is 0 Å². The van der Waals surface area contributed by atoms with Gasteiger partial charge in [-0.1, -0.05) is 24.3 Å². The minimum Gasteiger partial charge on any atom is -0.392 e. The van der Waals surface area contributed by atoms with Crippen molar-refractivity contribution in [2.24, 2.45) is 0 Å². The van der Waals surface area contributed by atoms with E-state index in [2.05, 4.69) is 25.9 Å². The van der Waals surface area contributed by atoms with Gasteiger partial charge in [0.15, 0.2) is 0 Å². The van der Waals surface area contributed by atoms with Crippen LogP contribution in [0.2, 0.25) is 0 Å². The summed E-state index contributed by atoms with van der Waals surface area (Å²) >= 11 is 0. The number of amides is 1. The summed E-state index contributed by atoms with van der Waals surface area (Å²) in [5.74, 6) is -0.392. The second kappa shape index (κ2) is 5.17. The highest BCUT2D eigenvalue weighted by atomic mass is 16.3. The molecule has 0 aliphatic rings. The number of hydrogen-bond donors (Lipinski definition) is 3. The Balaban J connectivity index is 1.95. The van der Waals surface area contributed by atoms with E-state index >= 15 is 0 Å². The summed E-state index contributed by atoms with van der Waals surface area (Å²) in [5, 5.41) is 24.2. The third kappa shape index (κ3) is 2.85. The zero-order chi connectivity index (χ0) is 12.1. The molecule has 1 aromatic carbocycles. The van der Waals surface area contributed by atoms with E-state index in [0.29, 0.717) is 6.54 Å². The lowest BCUT2D eigenvalue weighted by Gasteiger charge is -2.04. The molecule has 17 heavy (non-hydrogen) atoms. The van der Waals surface area contributed by atoms with Gasteiger partial charge in [0, 0.05) is 6.54 Å². The quantitative estimate of drug-likeness (QED) is 0.668. The van der Waals surface area contributed by atoms with E-state index in [9.17, 15) is 4.79 Å². The lowest BCUT2D eigenvalue weighted by Crippen LogP contribution is -2.24. The topological polar surface area (TPSA) is 104 Å². The lowest BCUT2D eigenvalue weighted by molar-refractivity contribution is 0.0940. The van der Waals surface area contributed by atoms with E-state index in [-0.39, 0.29) is 12.4 Å². The molecule has 0 radical (unpaired) electrons. The first-order chi connectivity index (χ1) is 8.29. The molecule has 0 spiro atoms. The molecule has 1 heterocycles. The van der Waals surface area contributed by atoms with Gasteiger partial charge < -0.3 is 10.4 Å². The molecule has 0 fully saturated rings. The Bertz CT molecular complexity index is 497. The summed E-state index contributed by atoms with van der Waals surface area (Å²) < 4.78 is 0. The monoisotopic (exact) mass is 233 g/mol. The average molecular weight is 233 g/mol. The summed E-state index contributed by atoms with van der Waals surface area (Å²) in [4.78, 5) is 11.5. The van der Waals surface area contributed by atoms with Crippen molar-refractivity contribution >= 4 is 5.91 Å². The molecule has 0 saturated carbocycles. The largest absolute Gasteiger partial charge is 0.392 e. The van der Waals surface area contributed by atoms with Crippen molar-refractivity contribution in [3.8, 4) is 0 Å². The maximum absolute atomic E-state index is 11.5. The number of rotatable bonds is 4. The van der Waals surface area contributed by atoms with Crippen molar-refractivity contribution in [3.05, 3.63) is 41.2 Å². The second-order valence-corrected chi connectivity index (χ2v) is 3.40. The highest BCUT2D eigenvalue weighted by Crippen LogP contribution is 2.04. The van der Waals surface area contributed by atoms with Crippen LogP contribution in [0, 0.1) is 0 Å². The van der Waals surface area contributed by atoms with Crippen LogP contribution in [0.5, 0.6) is 0 Å². The molecule has 0 saturated heterocycles. The lowest BCUT2D eigenvalue weighted by atomic mass is 10.1. The van der Waals surface area contributed by atoms with Crippen molar-refractivity contribution in [2.45, 2.75) is 13.2 Å². The Morgan fingerprint density at radius 1 is 1.41 bits per heavy atom. The Morgan fingerprint density at radius 3 is 2.94 bits per heavy atom. The zero-order valence-corrected chi connectivity index (χ0v) is 8.92. The Hall–Kier alpha value is -2.28. The normalized spacial score (nSPS) is 10.2. The summed E-state index contributed by atoms with van der Waals surface area (Å²) in [6.45, 7) is 0.327. The van der Waals surface area contributed by atoms with Gasteiger partial charge in [-0.2, -0.15) is 5.21 Å². The number of tetrazole rings is 1. The minimum absolute atomic E-state index is 0.00307. The number of aliphatic hydroxyl groups excluding tert-OH is 1. The molecule has 0 aliphatic heterocycles. The molecule has 0 atom stereocenters. The maximum Gasteiger partial charge on any atom is 0.293 e. The molecule has 0 aliphatic carbocycles. The van der Waals surface area contributed by atoms with Crippen LogP contribution < -0.4 is 5.32 Å². The molecule has 1 amide bonds. The molecular formula is C10H11N5O2. The number of benzene rings is 1. The fourth-order valence-corrected chi connectivity index (χ4v) is 1.36. The van der Waals surface area contributed by atoms with Gasteiger partial charge in [-0.3, -0.25) is 4.79 Å². The van der Waals surface area contributed by atoms with E-state index in [1.165, 1.54) is 0 Å². The van der Waals surface area contributed by atoms with Crippen LogP contribution in [0.3, 0.4) is 0 Å². The van der Waals surface area contributed by atoms with E-state index in [0.717, 1.165) is 11.1 Å². The SMILES string of the molecule is O=C(NCc1cccc(CO)c1)c1nn[nH]n1. The number of H-pyrrole nitrogens is 1. The van der Waals surface area contributed by atoms with E-state index in [4.69, 9.17) is 5.11 Å². The summed E-state index contributed by atoms with van der Waals surface area (Å²) in [6, 6.07) is 7.30. The minimum atomic E-state index is -0.395.